The molecule has 2 saturated carbocycles. The van der Waals surface area contributed by atoms with Crippen LogP contribution in [0.4, 0.5) is 0 Å². The summed E-state index contributed by atoms with van der Waals surface area (Å²) in [5, 5.41) is 17.8. The quantitative estimate of drug-likeness (QED) is 0.303. The number of thiophene rings is 1. The first-order valence-corrected chi connectivity index (χ1v) is 11.5. The maximum Gasteiger partial charge on any atom is 0.191 e. The number of hydrogen-bond donors (Lipinski definition) is 2. The highest BCUT2D eigenvalue weighted by molar-refractivity contribution is 14.0. The third-order valence-electron chi connectivity index (χ3n) is 6.55. The van der Waals surface area contributed by atoms with Crippen molar-refractivity contribution in [1.82, 2.24) is 25.4 Å². The van der Waals surface area contributed by atoms with Gasteiger partial charge in [0.25, 0.3) is 0 Å². The van der Waals surface area contributed by atoms with Gasteiger partial charge in [-0.1, -0.05) is 12.5 Å². The number of rotatable bonds is 8. The zero-order valence-electron chi connectivity index (χ0n) is 18.1. The van der Waals surface area contributed by atoms with E-state index in [0.29, 0.717) is 24.1 Å². The minimum absolute atomic E-state index is 0. The second-order valence-corrected chi connectivity index (χ2v) is 9.14. The van der Waals surface area contributed by atoms with Gasteiger partial charge in [0.1, 0.15) is 12.4 Å². The third kappa shape index (κ3) is 4.83. The second kappa shape index (κ2) is 10.4. The van der Waals surface area contributed by atoms with E-state index in [4.69, 9.17) is 9.73 Å². The van der Waals surface area contributed by atoms with Gasteiger partial charge in [-0.3, -0.25) is 0 Å². The van der Waals surface area contributed by atoms with Gasteiger partial charge in [-0.2, -0.15) is 0 Å². The summed E-state index contributed by atoms with van der Waals surface area (Å²) >= 11 is 1.80. The van der Waals surface area contributed by atoms with E-state index in [1.165, 1.54) is 24.1 Å². The van der Waals surface area contributed by atoms with E-state index in [1.54, 1.807) is 11.3 Å². The number of halogens is 1. The Bertz CT molecular complexity index is 833. The molecule has 30 heavy (non-hydrogen) atoms. The molecule has 0 saturated heterocycles. The van der Waals surface area contributed by atoms with Crippen molar-refractivity contribution in [2.75, 3.05) is 13.2 Å². The number of nitrogens with zero attached hydrogens (tertiary/aromatic N) is 4. The van der Waals surface area contributed by atoms with Crippen LogP contribution in [0.15, 0.2) is 22.5 Å². The van der Waals surface area contributed by atoms with Crippen LogP contribution in [0.25, 0.3) is 0 Å². The Hall–Kier alpha value is -1.20. The molecule has 2 aromatic heterocycles. The highest BCUT2D eigenvalue weighted by atomic mass is 127. The monoisotopic (exact) mass is 544 g/mol. The standard InChI is InChI=1S/C21H32N6OS.HI/c1-4-28-18-13-17(21(18)9-6-10-21)24-20(22-11-8-16-7-5-12-29-16)23-14-19-26-25-15(2)27(19)3;/h5,7,12,17-18H,4,6,8-11,13-14H2,1-3H3,(H2,22,23,24);1H. The first-order chi connectivity index (χ1) is 14.1. The Labute approximate surface area is 200 Å². The smallest absolute Gasteiger partial charge is 0.191 e. The van der Waals surface area contributed by atoms with Crippen molar-refractivity contribution in [1.29, 1.82) is 0 Å². The average Bonchev–Trinajstić information content (AvgIpc) is 3.28. The summed E-state index contributed by atoms with van der Waals surface area (Å²) in [4.78, 5) is 6.22. The maximum absolute atomic E-state index is 6.00. The molecule has 7 nitrogen and oxygen atoms in total. The SMILES string of the molecule is CCOC1CC(NC(=NCc2nnc(C)n2C)NCCc2cccs2)C12CCC2.I. The fraction of sp³-hybridized carbons (Fsp3) is 0.667. The molecule has 2 aliphatic carbocycles. The van der Waals surface area contributed by atoms with Crippen molar-refractivity contribution in [2.45, 2.75) is 64.6 Å². The van der Waals surface area contributed by atoms with Gasteiger partial charge in [-0.25, -0.2) is 4.99 Å². The molecule has 2 heterocycles. The van der Waals surface area contributed by atoms with Gasteiger partial charge in [0.2, 0.25) is 0 Å². The molecule has 0 aromatic carbocycles. The molecular weight excluding hydrogens is 511 g/mol. The molecule has 0 radical (unpaired) electrons. The second-order valence-electron chi connectivity index (χ2n) is 8.11. The van der Waals surface area contributed by atoms with E-state index in [9.17, 15) is 0 Å². The Morgan fingerprint density at radius 1 is 1.40 bits per heavy atom. The first-order valence-electron chi connectivity index (χ1n) is 10.7. The van der Waals surface area contributed by atoms with Crippen molar-refractivity contribution in [3.05, 3.63) is 34.0 Å². The average molecular weight is 545 g/mol. The Kier molecular flexibility index (Phi) is 8.14. The predicted molar refractivity (Wildman–Crippen MR) is 132 cm³/mol. The minimum Gasteiger partial charge on any atom is -0.378 e. The lowest BCUT2D eigenvalue weighted by Crippen LogP contribution is -2.68. The highest BCUT2D eigenvalue weighted by Crippen LogP contribution is 2.57. The largest absolute Gasteiger partial charge is 0.378 e. The summed E-state index contributed by atoms with van der Waals surface area (Å²) < 4.78 is 8.00. The molecule has 2 N–H and O–H groups in total. The van der Waals surface area contributed by atoms with Crippen LogP contribution in [-0.4, -0.2) is 46.0 Å². The van der Waals surface area contributed by atoms with Crippen LogP contribution in [0, 0.1) is 12.3 Å². The van der Waals surface area contributed by atoms with Gasteiger partial charge < -0.3 is 19.9 Å². The van der Waals surface area contributed by atoms with Crippen LogP contribution in [0.2, 0.25) is 0 Å². The van der Waals surface area contributed by atoms with Crippen LogP contribution in [-0.2, 0) is 24.8 Å². The lowest BCUT2D eigenvalue weighted by molar-refractivity contribution is -0.168. The van der Waals surface area contributed by atoms with Crippen molar-refractivity contribution in [3.63, 3.8) is 0 Å². The van der Waals surface area contributed by atoms with E-state index in [2.05, 4.69) is 45.3 Å². The normalized spacial score (nSPS) is 22.2. The van der Waals surface area contributed by atoms with Gasteiger partial charge >= 0.3 is 0 Å². The summed E-state index contributed by atoms with van der Waals surface area (Å²) in [5.74, 6) is 2.65. The summed E-state index contributed by atoms with van der Waals surface area (Å²) in [6.45, 7) is 6.22. The van der Waals surface area contributed by atoms with E-state index >= 15 is 0 Å². The Morgan fingerprint density at radius 2 is 2.23 bits per heavy atom. The van der Waals surface area contributed by atoms with Gasteiger partial charge in [-0.05, 0) is 51.0 Å². The Morgan fingerprint density at radius 3 is 2.83 bits per heavy atom. The van der Waals surface area contributed by atoms with E-state index in [0.717, 1.165) is 43.6 Å². The van der Waals surface area contributed by atoms with Crippen molar-refractivity contribution >= 4 is 41.3 Å². The fourth-order valence-corrected chi connectivity index (χ4v) is 5.16. The molecule has 0 amide bonds. The van der Waals surface area contributed by atoms with E-state index < -0.39 is 0 Å². The molecule has 1 spiro atoms. The van der Waals surface area contributed by atoms with Crippen molar-refractivity contribution < 1.29 is 4.74 Å². The number of nitrogens with one attached hydrogen (secondary N) is 2. The number of aryl methyl sites for hydroxylation is 1. The zero-order valence-corrected chi connectivity index (χ0v) is 21.2. The summed E-state index contributed by atoms with van der Waals surface area (Å²) in [6.07, 6.45) is 6.26. The molecule has 2 aliphatic rings. The Balaban J connectivity index is 0.00000256. The molecule has 4 rings (SSSR count). The lowest BCUT2D eigenvalue weighted by Gasteiger charge is -2.61. The molecule has 2 atom stereocenters. The lowest BCUT2D eigenvalue weighted by atomic mass is 9.51. The molecule has 0 bridgehead atoms. The summed E-state index contributed by atoms with van der Waals surface area (Å²) in [5.41, 5.74) is 0.299. The first kappa shape index (κ1) is 23.5. The molecule has 0 aliphatic heterocycles. The molecular formula is C21H33IN6OS. The minimum atomic E-state index is 0. The number of aliphatic imine (C=N–C) groups is 1. The van der Waals surface area contributed by atoms with E-state index in [-0.39, 0.29) is 24.0 Å². The molecule has 2 unspecified atom stereocenters. The number of ether oxygens (including phenoxy) is 1. The van der Waals surface area contributed by atoms with Gasteiger partial charge in [0.15, 0.2) is 11.8 Å². The van der Waals surface area contributed by atoms with Gasteiger partial charge in [0.05, 0.1) is 6.10 Å². The highest BCUT2D eigenvalue weighted by Gasteiger charge is 2.59. The number of aromatic nitrogens is 3. The van der Waals surface area contributed by atoms with Crippen LogP contribution >= 0.6 is 35.3 Å². The van der Waals surface area contributed by atoms with E-state index in [1.807, 2.05) is 18.5 Å². The van der Waals surface area contributed by atoms with Gasteiger partial charge in [0, 0.05) is 36.5 Å². The topological polar surface area (TPSA) is 76.4 Å². The maximum atomic E-state index is 6.00. The van der Waals surface area contributed by atoms with Crippen LogP contribution in [0.5, 0.6) is 0 Å². The summed E-state index contributed by atoms with van der Waals surface area (Å²) in [7, 11) is 1.99. The number of hydrogen-bond acceptors (Lipinski definition) is 5. The molecule has 166 valence electrons. The fourth-order valence-electron chi connectivity index (χ4n) is 4.46. The predicted octanol–water partition coefficient (Wildman–Crippen LogP) is 3.43. The van der Waals surface area contributed by atoms with Crippen LogP contribution in [0.1, 0.15) is 49.1 Å². The molecule has 9 heteroatoms. The third-order valence-corrected chi connectivity index (χ3v) is 7.49. The van der Waals surface area contributed by atoms with Gasteiger partial charge in [-0.15, -0.1) is 45.5 Å². The summed E-state index contributed by atoms with van der Waals surface area (Å²) in [6, 6.07) is 4.72. The van der Waals surface area contributed by atoms with Crippen LogP contribution in [0.3, 0.4) is 0 Å². The van der Waals surface area contributed by atoms with Crippen molar-refractivity contribution in [3.8, 4) is 0 Å². The molecule has 2 aromatic rings. The molecule has 2 fully saturated rings. The number of guanidine groups is 1. The van der Waals surface area contributed by atoms with Crippen molar-refractivity contribution in [2.24, 2.45) is 17.5 Å². The zero-order chi connectivity index (χ0) is 20.3. The van der Waals surface area contributed by atoms with Crippen LogP contribution < -0.4 is 10.6 Å².